The molecule has 3 nitrogen and oxygen atoms in total. The van der Waals surface area contributed by atoms with Crippen molar-refractivity contribution in [1.82, 2.24) is 9.80 Å². The molecule has 1 saturated heterocycles. The summed E-state index contributed by atoms with van der Waals surface area (Å²) in [5, 5.41) is 0. The first-order valence-corrected chi connectivity index (χ1v) is 12.0. The molecule has 0 bridgehead atoms. The van der Waals surface area contributed by atoms with E-state index in [1.165, 1.54) is 24.3 Å². The first-order valence-electron chi connectivity index (χ1n) is 12.0. The molecular weight excluding hydrogens is 430 g/mol. The molecule has 4 rings (SSSR count). The Morgan fingerprint density at radius 1 is 0.912 bits per heavy atom. The third-order valence-electron chi connectivity index (χ3n) is 6.48. The van der Waals surface area contributed by atoms with Gasteiger partial charge < -0.3 is 4.90 Å². The highest BCUT2D eigenvalue weighted by Gasteiger charge is 2.36. The number of halogens is 2. The quantitative estimate of drug-likeness (QED) is 0.411. The summed E-state index contributed by atoms with van der Waals surface area (Å²) in [5.74, 6) is 0.285. The lowest BCUT2D eigenvalue weighted by Crippen LogP contribution is -2.39. The zero-order valence-corrected chi connectivity index (χ0v) is 19.8. The number of benzene rings is 3. The Balaban J connectivity index is 1.57. The van der Waals surface area contributed by atoms with Crippen molar-refractivity contribution in [2.75, 3.05) is 26.2 Å². The molecule has 3 aromatic carbocycles. The van der Waals surface area contributed by atoms with E-state index in [-0.39, 0.29) is 29.4 Å². The fourth-order valence-corrected chi connectivity index (χ4v) is 4.94. The second-order valence-corrected chi connectivity index (χ2v) is 9.71. The summed E-state index contributed by atoms with van der Waals surface area (Å²) < 4.78 is 27.0. The third-order valence-corrected chi connectivity index (χ3v) is 6.48. The van der Waals surface area contributed by atoms with Gasteiger partial charge in [0.1, 0.15) is 11.6 Å². The van der Waals surface area contributed by atoms with Crippen LogP contribution in [0.25, 0.3) is 0 Å². The van der Waals surface area contributed by atoms with Crippen molar-refractivity contribution in [2.45, 2.75) is 26.3 Å². The minimum Gasteiger partial charge on any atom is -0.338 e. The fraction of sp³-hybridized carbons (Fsp3) is 0.345. The van der Waals surface area contributed by atoms with Gasteiger partial charge >= 0.3 is 0 Å². The van der Waals surface area contributed by atoms with E-state index in [4.69, 9.17) is 0 Å². The lowest BCUT2D eigenvalue weighted by molar-refractivity contribution is 0.0703. The van der Waals surface area contributed by atoms with E-state index in [1.807, 2.05) is 59.5 Å². The number of rotatable bonds is 8. The second kappa shape index (κ2) is 10.9. The van der Waals surface area contributed by atoms with Crippen LogP contribution in [0.1, 0.15) is 41.3 Å². The van der Waals surface area contributed by atoms with Gasteiger partial charge in [-0.25, -0.2) is 8.78 Å². The summed E-state index contributed by atoms with van der Waals surface area (Å²) >= 11 is 0. The van der Waals surface area contributed by atoms with Gasteiger partial charge in [-0.2, -0.15) is 0 Å². The number of carbonyl (C=O) groups excluding carboxylic acids is 1. The Hall–Kier alpha value is -3.05. The maximum atomic E-state index is 13.6. The number of hydrogen-bond acceptors (Lipinski definition) is 2. The Labute approximate surface area is 201 Å². The van der Waals surface area contributed by atoms with Gasteiger partial charge in [-0.05, 0) is 59.4 Å². The Morgan fingerprint density at radius 3 is 2.15 bits per heavy atom. The predicted octanol–water partition coefficient (Wildman–Crippen LogP) is 5.98. The molecule has 0 N–H and O–H groups in total. The molecule has 1 aliphatic heterocycles. The van der Waals surface area contributed by atoms with Gasteiger partial charge in [0.05, 0.1) is 0 Å². The minimum atomic E-state index is -0.248. The van der Waals surface area contributed by atoms with Gasteiger partial charge in [0.25, 0.3) is 5.91 Å². The van der Waals surface area contributed by atoms with Crippen LogP contribution >= 0.6 is 0 Å². The average molecular weight is 463 g/mol. The molecule has 178 valence electrons. The Morgan fingerprint density at radius 2 is 1.53 bits per heavy atom. The fourth-order valence-electron chi connectivity index (χ4n) is 4.94. The molecule has 1 aliphatic rings. The molecule has 1 amide bonds. The lowest BCUT2D eigenvalue weighted by Gasteiger charge is -2.30. The summed E-state index contributed by atoms with van der Waals surface area (Å²) in [4.78, 5) is 17.7. The predicted molar refractivity (Wildman–Crippen MR) is 131 cm³/mol. The molecule has 5 heteroatoms. The number of likely N-dealkylation sites (tertiary alicyclic amines) is 1. The minimum absolute atomic E-state index is 0.0455. The van der Waals surface area contributed by atoms with Crippen LogP contribution in [0, 0.1) is 23.5 Å². The van der Waals surface area contributed by atoms with Crippen LogP contribution < -0.4 is 0 Å². The van der Waals surface area contributed by atoms with Crippen LogP contribution in [0.15, 0.2) is 78.9 Å². The summed E-state index contributed by atoms with van der Waals surface area (Å²) in [6.45, 7) is 7.90. The number of amides is 1. The molecule has 34 heavy (non-hydrogen) atoms. The zero-order valence-electron chi connectivity index (χ0n) is 19.8. The summed E-state index contributed by atoms with van der Waals surface area (Å²) in [7, 11) is 0. The van der Waals surface area contributed by atoms with Crippen LogP contribution in [-0.4, -0.2) is 41.9 Å². The van der Waals surface area contributed by atoms with Gasteiger partial charge in [-0.3, -0.25) is 9.69 Å². The largest absolute Gasteiger partial charge is 0.338 e. The van der Waals surface area contributed by atoms with Crippen LogP contribution in [0.5, 0.6) is 0 Å². The van der Waals surface area contributed by atoms with Crippen LogP contribution in [0.4, 0.5) is 8.78 Å². The van der Waals surface area contributed by atoms with Crippen LogP contribution in [0.2, 0.25) is 0 Å². The van der Waals surface area contributed by atoms with E-state index in [0.717, 1.165) is 24.2 Å². The molecule has 0 aliphatic carbocycles. The lowest BCUT2D eigenvalue weighted by atomic mass is 9.88. The zero-order chi connectivity index (χ0) is 24.1. The van der Waals surface area contributed by atoms with Gasteiger partial charge in [0.2, 0.25) is 0 Å². The molecular formula is C29H32F2N2O. The van der Waals surface area contributed by atoms with E-state index in [0.29, 0.717) is 31.1 Å². The summed E-state index contributed by atoms with van der Waals surface area (Å²) in [6.07, 6.45) is 0. The highest BCUT2D eigenvalue weighted by atomic mass is 19.1. The van der Waals surface area contributed by atoms with Crippen LogP contribution in [0.3, 0.4) is 0 Å². The molecule has 0 unspecified atom stereocenters. The first-order chi connectivity index (χ1) is 16.4. The molecule has 2 atom stereocenters. The number of carbonyl (C=O) groups is 1. The molecule has 1 fully saturated rings. The Bertz CT molecular complexity index is 1070. The molecule has 0 aromatic heterocycles. The maximum Gasteiger partial charge on any atom is 0.253 e. The number of nitrogens with zero attached hydrogens (tertiary/aromatic N) is 2. The normalized spacial score (nSPS) is 18.4. The topological polar surface area (TPSA) is 23.6 Å². The van der Waals surface area contributed by atoms with Gasteiger partial charge in [0, 0.05) is 44.2 Å². The SMILES string of the molecule is CC(C)CN(C[C@@H]1CN(Cc2ccc(F)cc2)C[C@H]1c1ccc(F)cc1)C(=O)c1ccccc1. The smallest absolute Gasteiger partial charge is 0.253 e. The Kier molecular flexibility index (Phi) is 7.73. The van der Waals surface area contributed by atoms with E-state index in [9.17, 15) is 13.6 Å². The molecule has 0 radical (unpaired) electrons. The molecule has 0 saturated carbocycles. The van der Waals surface area contributed by atoms with Crippen molar-refractivity contribution >= 4 is 5.91 Å². The molecule has 0 spiro atoms. The molecule has 3 aromatic rings. The standard InChI is InChI=1S/C29H32F2N2O/c1-21(2)16-33(29(34)24-6-4-3-5-7-24)19-25-18-32(17-22-8-12-26(30)13-9-22)20-28(25)23-10-14-27(31)15-11-23/h3-15,21,25,28H,16-20H2,1-2H3/t25-,28-/m0/s1. The molecule has 1 heterocycles. The average Bonchev–Trinajstić information content (AvgIpc) is 3.22. The highest BCUT2D eigenvalue weighted by molar-refractivity contribution is 5.94. The highest BCUT2D eigenvalue weighted by Crippen LogP contribution is 2.34. The van der Waals surface area contributed by atoms with Crippen molar-refractivity contribution in [1.29, 1.82) is 0 Å². The van der Waals surface area contributed by atoms with Crippen molar-refractivity contribution in [3.63, 3.8) is 0 Å². The maximum absolute atomic E-state index is 13.6. The first kappa shape index (κ1) is 24.1. The van der Waals surface area contributed by atoms with Crippen molar-refractivity contribution in [3.8, 4) is 0 Å². The van der Waals surface area contributed by atoms with E-state index in [2.05, 4.69) is 18.7 Å². The van der Waals surface area contributed by atoms with Crippen molar-refractivity contribution in [3.05, 3.63) is 107 Å². The van der Waals surface area contributed by atoms with E-state index >= 15 is 0 Å². The number of hydrogen-bond donors (Lipinski definition) is 0. The third kappa shape index (κ3) is 6.09. The van der Waals surface area contributed by atoms with Gasteiger partial charge in [0.15, 0.2) is 0 Å². The van der Waals surface area contributed by atoms with Crippen molar-refractivity contribution < 1.29 is 13.6 Å². The summed E-state index contributed by atoms with van der Waals surface area (Å²) in [5.41, 5.74) is 2.84. The van der Waals surface area contributed by atoms with Gasteiger partial charge in [-0.15, -0.1) is 0 Å². The summed E-state index contributed by atoms with van der Waals surface area (Å²) in [6, 6.07) is 22.8. The van der Waals surface area contributed by atoms with E-state index < -0.39 is 0 Å². The monoisotopic (exact) mass is 462 g/mol. The second-order valence-electron chi connectivity index (χ2n) is 9.71. The van der Waals surface area contributed by atoms with Crippen LogP contribution in [-0.2, 0) is 6.54 Å². The van der Waals surface area contributed by atoms with E-state index in [1.54, 1.807) is 0 Å². The van der Waals surface area contributed by atoms with Gasteiger partial charge in [-0.1, -0.05) is 56.3 Å². The van der Waals surface area contributed by atoms with Crippen molar-refractivity contribution in [2.24, 2.45) is 11.8 Å².